The van der Waals surface area contributed by atoms with Crippen molar-refractivity contribution in [1.82, 2.24) is 30.2 Å². The van der Waals surface area contributed by atoms with Gasteiger partial charge in [-0.15, -0.1) is 0 Å². The fourth-order valence-electron chi connectivity index (χ4n) is 3.91. The zero-order valence-corrected chi connectivity index (χ0v) is 19.8. The van der Waals surface area contributed by atoms with E-state index in [-0.39, 0.29) is 6.04 Å². The van der Waals surface area contributed by atoms with E-state index in [0.717, 1.165) is 47.3 Å². The molecule has 0 aliphatic rings. The highest BCUT2D eigenvalue weighted by Crippen LogP contribution is 2.19. The van der Waals surface area contributed by atoms with Crippen LogP contribution in [0.2, 0.25) is 0 Å². The molecule has 2 heterocycles. The minimum atomic E-state index is 0.230. The maximum atomic E-state index is 4.86. The molecule has 2 N–H and O–H groups in total. The molecule has 166 valence electrons. The Labute approximate surface area is 185 Å². The topological polar surface area (TPSA) is 72.1 Å². The summed E-state index contributed by atoms with van der Waals surface area (Å²) in [6.45, 7) is 14.0. The molecule has 1 atom stereocenters. The molecule has 7 nitrogen and oxygen atoms in total. The number of hydrogen-bond donors (Lipinski definition) is 2. The zero-order valence-electron chi connectivity index (χ0n) is 19.8. The summed E-state index contributed by atoms with van der Waals surface area (Å²) in [5.74, 6) is 0.820. The fraction of sp³-hybridized carbons (Fsp3) is 0.458. The Bertz CT molecular complexity index is 1040. The summed E-state index contributed by atoms with van der Waals surface area (Å²) in [5.41, 5.74) is 7.97. The Kier molecular flexibility index (Phi) is 7.15. The van der Waals surface area contributed by atoms with Crippen LogP contribution in [0.3, 0.4) is 0 Å². The molecule has 0 radical (unpaired) electrons. The van der Waals surface area contributed by atoms with Crippen LogP contribution in [0.5, 0.6) is 0 Å². The fourth-order valence-corrected chi connectivity index (χ4v) is 3.91. The first-order valence-electron chi connectivity index (χ1n) is 11.0. The molecule has 0 spiro atoms. The van der Waals surface area contributed by atoms with Crippen LogP contribution in [-0.2, 0) is 20.0 Å². The van der Waals surface area contributed by atoms with E-state index in [9.17, 15) is 0 Å². The van der Waals surface area contributed by atoms with E-state index in [1.807, 2.05) is 41.5 Å². The van der Waals surface area contributed by atoms with E-state index in [4.69, 9.17) is 10.1 Å². The highest BCUT2D eigenvalue weighted by atomic mass is 15.3. The number of nitrogens with zero attached hydrogens (tertiary/aromatic N) is 5. The Morgan fingerprint density at radius 3 is 2.29 bits per heavy atom. The number of nitrogens with one attached hydrogen (secondary N) is 2. The van der Waals surface area contributed by atoms with Crippen LogP contribution in [0.1, 0.15) is 47.8 Å². The van der Waals surface area contributed by atoms with Gasteiger partial charge in [0.1, 0.15) is 0 Å². The summed E-state index contributed by atoms with van der Waals surface area (Å²) >= 11 is 0. The molecule has 1 unspecified atom stereocenters. The molecule has 0 saturated heterocycles. The summed E-state index contributed by atoms with van der Waals surface area (Å²) in [6.07, 6.45) is 0.903. The van der Waals surface area contributed by atoms with Crippen molar-refractivity contribution in [2.24, 2.45) is 12.0 Å². The number of aliphatic imine (C=N–C) groups is 1. The van der Waals surface area contributed by atoms with Gasteiger partial charge in [0.25, 0.3) is 0 Å². The molecule has 0 amide bonds. The van der Waals surface area contributed by atoms with Crippen molar-refractivity contribution >= 4 is 5.96 Å². The van der Waals surface area contributed by atoms with E-state index in [1.165, 1.54) is 11.3 Å². The zero-order chi connectivity index (χ0) is 22.5. The number of para-hydroxylation sites is 1. The second kappa shape index (κ2) is 9.81. The molecule has 1 aromatic carbocycles. The quantitative estimate of drug-likeness (QED) is 0.452. The second-order valence-corrected chi connectivity index (χ2v) is 8.11. The standard InChI is InChI=1S/C24H35N7/c1-8-25-24(27-16(2)14-22-17(3)28-30(7)19(22)5)26-15-23-18(4)29-31(20(23)6)21-12-10-9-11-13-21/h9-13,16H,8,14-15H2,1-7H3,(H2,25,26,27). The van der Waals surface area contributed by atoms with Crippen LogP contribution in [0.25, 0.3) is 5.69 Å². The van der Waals surface area contributed by atoms with Crippen LogP contribution in [-0.4, -0.2) is 38.1 Å². The predicted molar refractivity (Wildman–Crippen MR) is 127 cm³/mol. The maximum absolute atomic E-state index is 4.86. The minimum absolute atomic E-state index is 0.230. The monoisotopic (exact) mass is 421 g/mol. The first-order chi connectivity index (χ1) is 14.8. The smallest absolute Gasteiger partial charge is 0.191 e. The molecule has 0 bridgehead atoms. The molecule has 3 aromatic rings. The number of guanidine groups is 1. The highest BCUT2D eigenvalue weighted by molar-refractivity contribution is 5.80. The van der Waals surface area contributed by atoms with Gasteiger partial charge in [-0.1, -0.05) is 18.2 Å². The lowest BCUT2D eigenvalue weighted by molar-refractivity contribution is 0.635. The van der Waals surface area contributed by atoms with Crippen molar-refractivity contribution < 1.29 is 0 Å². The van der Waals surface area contributed by atoms with Crippen molar-refractivity contribution in [3.05, 3.63) is 64.2 Å². The number of hydrogen-bond acceptors (Lipinski definition) is 3. The summed E-state index contributed by atoms with van der Waals surface area (Å²) < 4.78 is 3.95. The molecule has 0 saturated carbocycles. The van der Waals surface area contributed by atoms with Crippen LogP contribution in [0.15, 0.2) is 35.3 Å². The molecule has 3 rings (SSSR count). The van der Waals surface area contributed by atoms with Gasteiger partial charge < -0.3 is 10.6 Å². The molecular formula is C24H35N7. The van der Waals surface area contributed by atoms with Crippen molar-refractivity contribution in [1.29, 1.82) is 0 Å². The maximum Gasteiger partial charge on any atom is 0.191 e. The van der Waals surface area contributed by atoms with Gasteiger partial charge in [0.2, 0.25) is 0 Å². The number of aryl methyl sites for hydroxylation is 3. The number of aromatic nitrogens is 4. The second-order valence-electron chi connectivity index (χ2n) is 8.11. The van der Waals surface area contributed by atoms with Crippen molar-refractivity contribution in [2.45, 2.75) is 60.5 Å². The third kappa shape index (κ3) is 5.16. The third-order valence-corrected chi connectivity index (χ3v) is 5.73. The van der Waals surface area contributed by atoms with Crippen LogP contribution in [0.4, 0.5) is 0 Å². The average molecular weight is 422 g/mol. The van der Waals surface area contributed by atoms with Gasteiger partial charge in [0.05, 0.1) is 23.6 Å². The van der Waals surface area contributed by atoms with E-state index >= 15 is 0 Å². The van der Waals surface area contributed by atoms with Gasteiger partial charge in [-0.05, 0) is 65.7 Å². The Hall–Kier alpha value is -3.09. The normalized spacial score (nSPS) is 12.8. The van der Waals surface area contributed by atoms with Crippen LogP contribution in [0, 0.1) is 27.7 Å². The molecule has 0 fully saturated rings. The van der Waals surface area contributed by atoms with Gasteiger partial charge in [-0.3, -0.25) is 4.68 Å². The SMILES string of the molecule is CCNC(=NCc1c(C)nn(-c2ccccc2)c1C)NC(C)Cc1c(C)nn(C)c1C. The Balaban J connectivity index is 1.75. The summed E-state index contributed by atoms with van der Waals surface area (Å²) in [6, 6.07) is 10.5. The predicted octanol–water partition coefficient (Wildman–Crippen LogP) is 3.53. The molecule has 0 aliphatic carbocycles. The third-order valence-electron chi connectivity index (χ3n) is 5.73. The number of benzene rings is 1. The van der Waals surface area contributed by atoms with Crippen molar-refractivity contribution in [3.63, 3.8) is 0 Å². The summed E-state index contributed by atoms with van der Waals surface area (Å²) in [4.78, 5) is 4.86. The van der Waals surface area contributed by atoms with Crippen molar-refractivity contribution in [3.8, 4) is 5.69 Å². The van der Waals surface area contributed by atoms with Gasteiger partial charge in [-0.2, -0.15) is 10.2 Å². The van der Waals surface area contributed by atoms with Gasteiger partial charge in [0, 0.05) is 36.6 Å². The van der Waals surface area contributed by atoms with E-state index in [0.29, 0.717) is 6.54 Å². The molecular weight excluding hydrogens is 386 g/mol. The Morgan fingerprint density at radius 2 is 1.68 bits per heavy atom. The first-order valence-corrected chi connectivity index (χ1v) is 11.0. The van der Waals surface area contributed by atoms with Crippen LogP contribution < -0.4 is 10.6 Å². The van der Waals surface area contributed by atoms with Crippen LogP contribution >= 0.6 is 0 Å². The van der Waals surface area contributed by atoms with E-state index < -0.39 is 0 Å². The molecule has 7 heteroatoms. The van der Waals surface area contributed by atoms with Gasteiger partial charge in [-0.25, -0.2) is 9.67 Å². The summed E-state index contributed by atoms with van der Waals surface area (Å²) in [5, 5.41) is 16.2. The largest absolute Gasteiger partial charge is 0.357 e. The van der Waals surface area contributed by atoms with E-state index in [1.54, 1.807) is 0 Å². The minimum Gasteiger partial charge on any atom is -0.357 e. The lowest BCUT2D eigenvalue weighted by Crippen LogP contribution is -2.43. The van der Waals surface area contributed by atoms with E-state index in [2.05, 4.69) is 62.5 Å². The highest BCUT2D eigenvalue weighted by Gasteiger charge is 2.15. The van der Waals surface area contributed by atoms with Gasteiger partial charge in [0.15, 0.2) is 5.96 Å². The molecule has 2 aromatic heterocycles. The lowest BCUT2D eigenvalue weighted by atomic mass is 10.1. The summed E-state index contributed by atoms with van der Waals surface area (Å²) in [7, 11) is 2.00. The molecule has 31 heavy (non-hydrogen) atoms. The lowest BCUT2D eigenvalue weighted by Gasteiger charge is -2.18. The van der Waals surface area contributed by atoms with Gasteiger partial charge >= 0.3 is 0 Å². The Morgan fingerprint density at radius 1 is 1.00 bits per heavy atom. The van der Waals surface area contributed by atoms with Crippen molar-refractivity contribution in [2.75, 3.05) is 6.54 Å². The molecule has 0 aliphatic heterocycles. The number of rotatable bonds is 7. The average Bonchev–Trinajstić information content (AvgIpc) is 3.16. The first kappa shape index (κ1) is 22.6.